The van der Waals surface area contributed by atoms with Gasteiger partial charge in [0.15, 0.2) is 11.4 Å². The Labute approximate surface area is 147 Å². The number of benzene rings is 1. The first-order valence-electron chi connectivity index (χ1n) is 8.02. The van der Waals surface area contributed by atoms with Gasteiger partial charge >= 0.3 is 0 Å². The van der Waals surface area contributed by atoms with Crippen LogP contribution in [0.25, 0.3) is 16.7 Å². The summed E-state index contributed by atoms with van der Waals surface area (Å²) in [6, 6.07) is 8.91. The average Bonchev–Trinajstić information content (AvgIpc) is 2.97. The van der Waals surface area contributed by atoms with Crippen LogP contribution in [-0.4, -0.2) is 36.4 Å². The van der Waals surface area contributed by atoms with Crippen molar-refractivity contribution in [1.82, 2.24) is 24.3 Å². The van der Waals surface area contributed by atoms with Gasteiger partial charge in [0.1, 0.15) is 11.6 Å². The number of aromatic amines is 1. The topological polar surface area (TPSA) is 86.5 Å². The van der Waals surface area contributed by atoms with E-state index >= 15 is 0 Å². The Kier molecular flexibility index (Phi) is 3.89. The van der Waals surface area contributed by atoms with E-state index in [0.29, 0.717) is 35.6 Å². The fourth-order valence-corrected chi connectivity index (χ4v) is 2.94. The second-order valence-electron chi connectivity index (χ2n) is 6.19. The number of fused-ring (bicyclic) bond motifs is 2. The number of nitrogens with one attached hydrogen (secondary N) is 1. The highest BCUT2D eigenvalue weighted by Crippen LogP contribution is 2.16. The molecule has 0 unspecified atom stereocenters. The summed E-state index contributed by atoms with van der Waals surface area (Å²) in [6.45, 7) is 0.865. The number of rotatable bonds is 4. The van der Waals surface area contributed by atoms with Gasteiger partial charge in [0.25, 0.3) is 5.56 Å². The van der Waals surface area contributed by atoms with Gasteiger partial charge in [-0.15, -0.1) is 0 Å². The summed E-state index contributed by atoms with van der Waals surface area (Å²) < 4.78 is 14.6. The van der Waals surface area contributed by atoms with E-state index in [2.05, 4.69) is 15.0 Å². The van der Waals surface area contributed by atoms with Gasteiger partial charge in [-0.05, 0) is 37.4 Å². The molecule has 4 aromatic rings. The number of nitrogens with zero attached hydrogens (tertiary/aromatic N) is 4. The molecule has 3 aromatic heterocycles. The molecule has 0 aliphatic heterocycles. The Hall–Kier alpha value is -3.26. The van der Waals surface area contributed by atoms with Crippen molar-refractivity contribution in [2.24, 2.45) is 0 Å². The Morgan fingerprint density at radius 1 is 1.23 bits per heavy atom. The normalized spacial score (nSPS) is 11.7. The number of halogens is 1. The van der Waals surface area contributed by atoms with E-state index in [9.17, 15) is 14.3 Å². The maximum absolute atomic E-state index is 13.3. The van der Waals surface area contributed by atoms with Crippen molar-refractivity contribution in [2.45, 2.75) is 13.1 Å². The van der Waals surface area contributed by atoms with Gasteiger partial charge in [-0.3, -0.25) is 14.1 Å². The van der Waals surface area contributed by atoms with Crippen molar-refractivity contribution in [2.75, 3.05) is 7.05 Å². The molecule has 2 N–H and O–H groups in total. The van der Waals surface area contributed by atoms with Crippen LogP contribution in [0.3, 0.4) is 0 Å². The lowest BCUT2D eigenvalue weighted by atomic mass is 10.3. The zero-order valence-corrected chi connectivity index (χ0v) is 14.0. The highest BCUT2D eigenvalue weighted by molar-refractivity contribution is 5.74. The zero-order valence-electron chi connectivity index (χ0n) is 14.0. The number of pyridine rings is 1. The van der Waals surface area contributed by atoms with Crippen LogP contribution in [0.5, 0.6) is 5.75 Å². The van der Waals surface area contributed by atoms with Crippen LogP contribution in [0.2, 0.25) is 0 Å². The molecule has 1 aromatic carbocycles. The summed E-state index contributed by atoms with van der Waals surface area (Å²) in [7, 11) is 1.86. The predicted molar refractivity (Wildman–Crippen MR) is 94.3 cm³/mol. The Morgan fingerprint density at radius 3 is 2.92 bits per heavy atom. The van der Waals surface area contributed by atoms with Gasteiger partial charge in [-0.25, -0.2) is 14.4 Å². The summed E-state index contributed by atoms with van der Waals surface area (Å²) in [5.41, 5.74) is 1.85. The van der Waals surface area contributed by atoms with Crippen LogP contribution in [0.15, 0.2) is 47.4 Å². The predicted octanol–water partition coefficient (Wildman–Crippen LogP) is 2.05. The fourth-order valence-electron chi connectivity index (χ4n) is 2.94. The van der Waals surface area contributed by atoms with Crippen molar-refractivity contribution < 1.29 is 9.50 Å². The first-order valence-corrected chi connectivity index (χ1v) is 8.02. The smallest absolute Gasteiger partial charge is 0.258 e. The number of aromatic hydroxyl groups is 1. The number of imidazole rings is 1. The second-order valence-corrected chi connectivity index (χ2v) is 6.19. The van der Waals surface area contributed by atoms with Gasteiger partial charge in [0.2, 0.25) is 0 Å². The SMILES string of the molecule is CN(Cc1cc(=O)n2cccc(O)c2n1)Cc1nc2ccc(F)cc2[nH]1. The molecular weight excluding hydrogens is 337 g/mol. The quantitative estimate of drug-likeness (QED) is 0.586. The lowest BCUT2D eigenvalue weighted by Gasteiger charge is -2.15. The standard InChI is InChI=1S/C18H16FN5O2/c1-23(10-16-21-13-5-4-11(19)7-14(13)22-16)9-12-8-17(26)24-6-2-3-15(25)18(24)20-12/h2-8,25H,9-10H2,1H3,(H,21,22). The van der Waals surface area contributed by atoms with Crippen LogP contribution in [-0.2, 0) is 13.1 Å². The van der Waals surface area contributed by atoms with Gasteiger partial charge in [0.05, 0.1) is 23.3 Å². The molecule has 4 rings (SSSR count). The van der Waals surface area contributed by atoms with Crippen molar-refractivity contribution in [3.8, 4) is 5.75 Å². The lowest BCUT2D eigenvalue weighted by Crippen LogP contribution is -2.22. The summed E-state index contributed by atoms with van der Waals surface area (Å²) in [5, 5.41) is 9.91. The number of aromatic nitrogens is 4. The largest absolute Gasteiger partial charge is 0.504 e. The van der Waals surface area contributed by atoms with E-state index < -0.39 is 0 Å². The minimum Gasteiger partial charge on any atom is -0.504 e. The fraction of sp³-hybridized carbons (Fsp3) is 0.167. The second kappa shape index (κ2) is 6.23. The third-order valence-electron chi connectivity index (χ3n) is 4.07. The molecule has 0 amide bonds. The highest BCUT2D eigenvalue weighted by atomic mass is 19.1. The van der Waals surface area contributed by atoms with Gasteiger partial charge in [-0.1, -0.05) is 0 Å². The van der Waals surface area contributed by atoms with Crippen LogP contribution in [0.1, 0.15) is 11.5 Å². The molecule has 0 spiro atoms. The maximum Gasteiger partial charge on any atom is 0.258 e. The van der Waals surface area contributed by atoms with Crippen LogP contribution in [0.4, 0.5) is 4.39 Å². The Morgan fingerprint density at radius 2 is 2.08 bits per heavy atom. The number of H-pyrrole nitrogens is 1. The van der Waals surface area contributed by atoms with Crippen LogP contribution >= 0.6 is 0 Å². The summed E-state index contributed by atoms with van der Waals surface area (Å²) in [5.74, 6) is 0.323. The van der Waals surface area contributed by atoms with E-state index in [1.807, 2.05) is 11.9 Å². The van der Waals surface area contributed by atoms with Crippen molar-refractivity contribution in [3.05, 3.63) is 70.3 Å². The number of hydrogen-bond acceptors (Lipinski definition) is 5. The molecule has 0 atom stereocenters. The molecule has 132 valence electrons. The lowest BCUT2D eigenvalue weighted by molar-refractivity contribution is 0.308. The van der Waals surface area contributed by atoms with E-state index in [4.69, 9.17) is 0 Å². The molecule has 3 heterocycles. The van der Waals surface area contributed by atoms with Crippen molar-refractivity contribution in [1.29, 1.82) is 0 Å². The first kappa shape index (κ1) is 16.2. The van der Waals surface area contributed by atoms with E-state index in [1.54, 1.807) is 18.3 Å². The molecule has 26 heavy (non-hydrogen) atoms. The van der Waals surface area contributed by atoms with Crippen molar-refractivity contribution in [3.63, 3.8) is 0 Å². The summed E-state index contributed by atoms with van der Waals surface area (Å²) in [6.07, 6.45) is 1.56. The minimum atomic E-state index is -0.318. The van der Waals surface area contributed by atoms with Crippen LogP contribution < -0.4 is 5.56 Å². The third kappa shape index (κ3) is 3.02. The molecule has 0 bridgehead atoms. The Balaban J connectivity index is 1.57. The Bertz CT molecular complexity index is 1170. The number of hydrogen-bond donors (Lipinski definition) is 2. The molecule has 0 aliphatic carbocycles. The maximum atomic E-state index is 13.3. The molecule has 8 heteroatoms. The monoisotopic (exact) mass is 353 g/mol. The van der Waals surface area contributed by atoms with Gasteiger partial charge < -0.3 is 10.1 Å². The van der Waals surface area contributed by atoms with E-state index in [0.717, 1.165) is 0 Å². The molecule has 7 nitrogen and oxygen atoms in total. The molecular formula is C18H16FN5O2. The zero-order chi connectivity index (χ0) is 18.3. The molecule has 0 saturated carbocycles. The summed E-state index contributed by atoms with van der Waals surface area (Å²) in [4.78, 5) is 26.0. The summed E-state index contributed by atoms with van der Waals surface area (Å²) >= 11 is 0. The van der Waals surface area contributed by atoms with Crippen LogP contribution in [0, 0.1) is 5.82 Å². The minimum absolute atomic E-state index is 0.0478. The van der Waals surface area contributed by atoms with E-state index in [-0.39, 0.29) is 22.8 Å². The highest BCUT2D eigenvalue weighted by Gasteiger charge is 2.11. The molecule has 0 saturated heterocycles. The third-order valence-corrected chi connectivity index (χ3v) is 4.07. The van der Waals surface area contributed by atoms with Gasteiger partial charge in [-0.2, -0.15) is 0 Å². The van der Waals surface area contributed by atoms with E-state index in [1.165, 1.54) is 28.7 Å². The van der Waals surface area contributed by atoms with Crippen molar-refractivity contribution >= 4 is 16.7 Å². The average molecular weight is 353 g/mol. The molecule has 0 aliphatic rings. The molecule has 0 fully saturated rings. The van der Waals surface area contributed by atoms with Gasteiger partial charge in [0, 0.05) is 18.8 Å². The molecule has 0 radical (unpaired) electrons. The first-order chi connectivity index (χ1) is 12.5.